The molecule has 6 heteroatoms. The minimum Gasteiger partial charge on any atom is -0.255 e. The van der Waals surface area contributed by atoms with Crippen molar-refractivity contribution in [3.63, 3.8) is 0 Å². The molecule has 102 valence electrons. The van der Waals surface area contributed by atoms with E-state index in [0.717, 1.165) is 28.0 Å². The van der Waals surface area contributed by atoms with Crippen LogP contribution < -0.4 is 0 Å². The molecule has 0 radical (unpaired) electrons. The molecule has 0 aliphatic heterocycles. The number of benzene rings is 1. The minimum atomic E-state index is 0.625. The number of hydrogen-bond acceptors (Lipinski definition) is 3. The van der Waals surface area contributed by atoms with Gasteiger partial charge < -0.3 is 0 Å². The van der Waals surface area contributed by atoms with Crippen molar-refractivity contribution in [2.24, 2.45) is 7.05 Å². The van der Waals surface area contributed by atoms with E-state index in [0.29, 0.717) is 9.66 Å². The smallest absolute Gasteiger partial charge is 0.150 e. The summed E-state index contributed by atoms with van der Waals surface area (Å²) in [6.45, 7) is 3.96. The highest BCUT2D eigenvalue weighted by molar-refractivity contribution is 7.71. The second-order valence-electron chi connectivity index (χ2n) is 4.69. The van der Waals surface area contributed by atoms with Crippen molar-refractivity contribution in [1.82, 2.24) is 19.6 Å². The maximum absolute atomic E-state index is 6.26. The van der Waals surface area contributed by atoms with Gasteiger partial charge in [0.05, 0.1) is 22.1 Å². The molecule has 2 heterocycles. The average Bonchev–Trinajstić information content (AvgIpc) is 2.75. The molecular weight excluding hydrogens is 292 g/mol. The lowest BCUT2D eigenvalue weighted by Gasteiger charge is -2.06. The summed E-state index contributed by atoms with van der Waals surface area (Å²) in [6, 6.07) is 7.62. The Kier molecular flexibility index (Phi) is 3.11. The van der Waals surface area contributed by atoms with Crippen LogP contribution in [0, 0.1) is 18.5 Å². The molecule has 0 atom stereocenters. The summed E-state index contributed by atoms with van der Waals surface area (Å²) in [4.78, 5) is 0. The van der Waals surface area contributed by atoms with E-state index in [1.807, 2.05) is 49.8 Å². The van der Waals surface area contributed by atoms with Gasteiger partial charge in [0.2, 0.25) is 0 Å². The Morgan fingerprint density at radius 2 is 1.85 bits per heavy atom. The van der Waals surface area contributed by atoms with Gasteiger partial charge in [-0.2, -0.15) is 10.2 Å². The standard InChI is InChI=1S/C14H13ClN4S/c1-8-12-9(2)19(11-7-5-4-6-10(11)15)17-13(12)14(20)18(3)16-8/h4-7H,1-3H3. The first-order chi connectivity index (χ1) is 9.50. The van der Waals surface area contributed by atoms with Crippen LogP contribution in [-0.2, 0) is 7.05 Å². The first-order valence-electron chi connectivity index (χ1n) is 6.19. The fraction of sp³-hybridized carbons (Fsp3) is 0.214. The van der Waals surface area contributed by atoms with Crippen molar-refractivity contribution in [3.05, 3.63) is 45.3 Å². The average molecular weight is 305 g/mol. The fourth-order valence-electron chi connectivity index (χ4n) is 2.42. The molecule has 0 unspecified atom stereocenters. The maximum Gasteiger partial charge on any atom is 0.150 e. The number of rotatable bonds is 1. The molecule has 0 amide bonds. The van der Waals surface area contributed by atoms with Crippen LogP contribution in [0.5, 0.6) is 0 Å². The molecular formula is C14H13ClN4S. The molecule has 3 aromatic rings. The topological polar surface area (TPSA) is 35.6 Å². The molecule has 0 saturated carbocycles. The van der Waals surface area contributed by atoms with Crippen molar-refractivity contribution >= 4 is 34.7 Å². The Balaban J connectivity index is 2.44. The second-order valence-corrected chi connectivity index (χ2v) is 5.48. The van der Waals surface area contributed by atoms with Crippen LogP contribution in [0.15, 0.2) is 24.3 Å². The van der Waals surface area contributed by atoms with E-state index in [4.69, 9.17) is 23.8 Å². The van der Waals surface area contributed by atoms with Crippen LogP contribution >= 0.6 is 23.8 Å². The summed E-state index contributed by atoms with van der Waals surface area (Å²) in [7, 11) is 1.83. The van der Waals surface area contributed by atoms with Gasteiger partial charge in [-0.3, -0.25) is 4.68 Å². The molecule has 2 aromatic heterocycles. The fourth-order valence-corrected chi connectivity index (χ4v) is 2.82. The summed E-state index contributed by atoms with van der Waals surface area (Å²) in [5, 5.41) is 10.7. The second kappa shape index (κ2) is 4.68. The van der Waals surface area contributed by atoms with Crippen LogP contribution in [0.25, 0.3) is 16.6 Å². The predicted octanol–water partition coefficient (Wildman–Crippen LogP) is 3.76. The van der Waals surface area contributed by atoms with Gasteiger partial charge in [0.1, 0.15) is 5.52 Å². The normalized spacial score (nSPS) is 11.2. The summed E-state index contributed by atoms with van der Waals surface area (Å²) >= 11 is 11.7. The molecule has 3 rings (SSSR count). The number of hydrogen-bond donors (Lipinski definition) is 0. The van der Waals surface area contributed by atoms with Gasteiger partial charge in [-0.15, -0.1) is 0 Å². The van der Waals surface area contributed by atoms with Gasteiger partial charge in [-0.25, -0.2) is 4.68 Å². The minimum absolute atomic E-state index is 0.625. The summed E-state index contributed by atoms with van der Waals surface area (Å²) in [5.41, 5.74) is 3.53. The van der Waals surface area contributed by atoms with E-state index in [1.165, 1.54) is 0 Å². The molecule has 4 nitrogen and oxygen atoms in total. The van der Waals surface area contributed by atoms with Crippen LogP contribution in [0.2, 0.25) is 5.02 Å². The van der Waals surface area contributed by atoms with Crippen molar-refractivity contribution in [2.45, 2.75) is 13.8 Å². The highest BCUT2D eigenvalue weighted by Crippen LogP contribution is 2.27. The molecule has 0 aliphatic carbocycles. The van der Waals surface area contributed by atoms with E-state index in [-0.39, 0.29) is 0 Å². The SMILES string of the molecule is Cc1nn(C)c(=S)c2nn(-c3ccccc3Cl)c(C)c12. The third-order valence-electron chi connectivity index (χ3n) is 3.36. The van der Waals surface area contributed by atoms with Gasteiger partial charge in [0.25, 0.3) is 0 Å². The number of aromatic nitrogens is 4. The Morgan fingerprint density at radius 1 is 1.15 bits per heavy atom. The van der Waals surface area contributed by atoms with Crippen LogP contribution in [0.3, 0.4) is 0 Å². The van der Waals surface area contributed by atoms with Crippen LogP contribution in [-0.4, -0.2) is 19.6 Å². The van der Waals surface area contributed by atoms with E-state index in [9.17, 15) is 0 Å². The lowest BCUT2D eigenvalue weighted by atomic mass is 10.2. The summed E-state index contributed by atoms with van der Waals surface area (Å²) in [5.74, 6) is 0. The first-order valence-corrected chi connectivity index (χ1v) is 6.97. The lowest BCUT2D eigenvalue weighted by Crippen LogP contribution is -2.01. The van der Waals surface area contributed by atoms with Gasteiger partial charge >= 0.3 is 0 Å². The summed E-state index contributed by atoms with van der Waals surface area (Å²) in [6.07, 6.45) is 0. The quantitative estimate of drug-likeness (QED) is 0.642. The van der Waals surface area contributed by atoms with Crippen LogP contribution in [0.4, 0.5) is 0 Å². The zero-order chi connectivity index (χ0) is 14.4. The largest absolute Gasteiger partial charge is 0.255 e. The Hall–Kier alpha value is -1.72. The Bertz CT molecular complexity index is 879. The number of fused-ring (bicyclic) bond motifs is 1. The zero-order valence-electron chi connectivity index (χ0n) is 11.4. The molecule has 0 fully saturated rings. The van der Waals surface area contributed by atoms with E-state index in [1.54, 1.807) is 4.68 Å². The highest BCUT2D eigenvalue weighted by atomic mass is 35.5. The molecule has 1 aromatic carbocycles. The molecule has 0 N–H and O–H groups in total. The van der Waals surface area contributed by atoms with Crippen molar-refractivity contribution < 1.29 is 0 Å². The van der Waals surface area contributed by atoms with E-state index < -0.39 is 0 Å². The van der Waals surface area contributed by atoms with E-state index in [2.05, 4.69) is 10.2 Å². The van der Waals surface area contributed by atoms with Crippen molar-refractivity contribution in [3.8, 4) is 5.69 Å². The Morgan fingerprint density at radius 3 is 2.55 bits per heavy atom. The lowest BCUT2D eigenvalue weighted by molar-refractivity contribution is 0.720. The van der Waals surface area contributed by atoms with E-state index >= 15 is 0 Å². The van der Waals surface area contributed by atoms with Gasteiger partial charge in [-0.05, 0) is 26.0 Å². The van der Waals surface area contributed by atoms with Gasteiger partial charge in [0, 0.05) is 12.4 Å². The van der Waals surface area contributed by atoms with Crippen LogP contribution in [0.1, 0.15) is 11.4 Å². The predicted molar refractivity (Wildman–Crippen MR) is 83.2 cm³/mol. The molecule has 0 saturated heterocycles. The number of nitrogens with zero attached hydrogens (tertiary/aromatic N) is 4. The molecule has 0 bridgehead atoms. The molecule has 0 aliphatic rings. The Labute approximate surface area is 126 Å². The molecule has 0 spiro atoms. The zero-order valence-corrected chi connectivity index (χ0v) is 13.0. The van der Waals surface area contributed by atoms with Gasteiger partial charge in [-0.1, -0.05) is 36.0 Å². The third kappa shape index (κ3) is 1.85. The third-order valence-corrected chi connectivity index (χ3v) is 4.13. The number of halogens is 1. The summed E-state index contributed by atoms with van der Waals surface area (Å²) < 4.78 is 4.13. The van der Waals surface area contributed by atoms with Gasteiger partial charge in [0.15, 0.2) is 4.64 Å². The maximum atomic E-state index is 6.26. The highest BCUT2D eigenvalue weighted by Gasteiger charge is 2.15. The first kappa shape index (κ1) is 13.3. The van der Waals surface area contributed by atoms with Crippen molar-refractivity contribution in [2.75, 3.05) is 0 Å². The van der Waals surface area contributed by atoms with Crippen molar-refractivity contribution in [1.29, 1.82) is 0 Å². The number of para-hydroxylation sites is 1. The molecule has 20 heavy (non-hydrogen) atoms. The number of aryl methyl sites for hydroxylation is 3. The monoisotopic (exact) mass is 304 g/mol.